The molecule has 2 rings (SSSR count). The number of para-hydroxylation sites is 2. The zero-order valence-electron chi connectivity index (χ0n) is 13.6. The third kappa shape index (κ3) is 4.39. The predicted octanol–water partition coefficient (Wildman–Crippen LogP) is 3.28. The van der Waals surface area contributed by atoms with Gasteiger partial charge >= 0.3 is 0 Å². The van der Waals surface area contributed by atoms with Crippen molar-refractivity contribution in [3.63, 3.8) is 0 Å². The summed E-state index contributed by atoms with van der Waals surface area (Å²) in [7, 11) is 3.15. The van der Waals surface area contributed by atoms with Crippen molar-refractivity contribution in [3.05, 3.63) is 48.0 Å². The van der Waals surface area contributed by atoms with Crippen LogP contribution in [0.15, 0.2) is 42.5 Å². The quantitative estimate of drug-likeness (QED) is 0.852. The lowest BCUT2D eigenvalue weighted by molar-refractivity contribution is -0.115. The third-order valence-electron chi connectivity index (χ3n) is 3.27. The van der Waals surface area contributed by atoms with Crippen LogP contribution >= 0.6 is 0 Å². The molecule has 0 aliphatic heterocycles. The number of rotatable bonds is 7. The Morgan fingerprint density at radius 3 is 2.43 bits per heavy atom. The lowest BCUT2D eigenvalue weighted by atomic mass is 10.1. The summed E-state index contributed by atoms with van der Waals surface area (Å²) in [6, 6.07) is 12.8. The van der Waals surface area contributed by atoms with E-state index in [2.05, 4.69) is 5.32 Å². The Morgan fingerprint density at radius 1 is 1.00 bits per heavy atom. The first-order chi connectivity index (χ1) is 11.2. The molecule has 122 valence electrons. The van der Waals surface area contributed by atoms with Gasteiger partial charge in [0, 0.05) is 0 Å². The average molecular weight is 315 g/mol. The molecular formula is C18H21NO4. The molecule has 0 spiro atoms. The summed E-state index contributed by atoms with van der Waals surface area (Å²) in [5.41, 5.74) is 1.51. The highest BCUT2D eigenvalue weighted by Crippen LogP contribution is 2.28. The van der Waals surface area contributed by atoms with E-state index >= 15 is 0 Å². The predicted molar refractivity (Wildman–Crippen MR) is 89.5 cm³/mol. The largest absolute Gasteiger partial charge is 0.493 e. The molecule has 0 unspecified atom stereocenters. The van der Waals surface area contributed by atoms with Gasteiger partial charge in [0.15, 0.2) is 11.5 Å². The second-order valence-corrected chi connectivity index (χ2v) is 4.84. The zero-order valence-corrected chi connectivity index (χ0v) is 13.6. The normalized spacial score (nSPS) is 10.0. The zero-order chi connectivity index (χ0) is 16.7. The van der Waals surface area contributed by atoms with Crippen molar-refractivity contribution >= 4 is 11.6 Å². The molecule has 0 bridgehead atoms. The van der Waals surface area contributed by atoms with Crippen LogP contribution in [0.5, 0.6) is 17.2 Å². The van der Waals surface area contributed by atoms with Gasteiger partial charge in [-0.1, -0.05) is 18.2 Å². The standard InChI is InChI=1S/C18H21NO4/c1-4-23-15-8-6-5-7-14(15)19-18(20)12-13-9-10-16(21-2)17(11-13)22-3/h5-11H,4,12H2,1-3H3,(H,19,20). The molecule has 0 aliphatic rings. The van der Waals surface area contributed by atoms with Gasteiger partial charge in [-0.15, -0.1) is 0 Å². The maximum atomic E-state index is 12.3. The van der Waals surface area contributed by atoms with Crippen molar-refractivity contribution in [3.8, 4) is 17.2 Å². The second kappa shape index (κ2) is 8.08. The molecule has 2 aromatic rings. The number of hydrogen-bond acceptors (Lipinski definition) is 4. The molecular weight excluding hydrogens is 294 g/mol. The number of amides is 1. The minimum Gasteiger partial charge on any atom is -0.493 e. The van der Waals surface area contributed by atoms with Gasteiger partial charge in [0.1, 0.15) is 5.75 Å². The summed E-state index contributed by atoms with van der Waals surface area (Å²) >= 11 is 0. The molecule has 0 aliphatic carbocycles. The molecule has 5 nitrogen and oxygen atoms in total. The maximum absolute atomic E-state index is 12.3. The number of carbonyl (C=O) groups excluding carboxylic acids is 1. The summed E-state index contributed by atoms with van der Waals surface area (Å²) in [5.74, 6) is 1.78. The van der Waals surface area contributed by atoms with E-state index in [1.807, 2.05) is 37.3 Å². The van der Waals surface area contributed by atoms with Crippen LogP contribution in [0.2, 0.25) is 0 Å². The molecule has 1 N–H and O–H groups in total. The fourth-order valence-electron chi connectivity index (χ4n) is 2.22. The molecule has 0 heterocycles. The van der Waals surface area contributed by atoms with Crippen molar-refractivity contribution in [1.82, 2.24) is 0 Å². The van der Waals surface area contributed by atoms with Gasteiger partial charge in [0.05, 0.1) is 32.9 Å². The van der Waals surface area contributed by atoms with E-state index in [4.69, 9.17) is 14.2 Å². The topological polar surface area (TPSA) is 56.8 Å². The highest BCUT2D eigenvalue weighted by atomic mass is 16.5. The van der Waals surface area contributed by atoms with Crippen LogP contribution in [0.25, 0.3) is 0 Å². The third-order valence-corrected chi connectivity index (χ3v) is 3.27. The van der Waals surface area contributed by atoms with Crippen molar-refractivity contribution < 1.29 is 19.0 Å². The molecule has 0 radical (unpaired) electrons. The van der Waals surface area contributed by atoms with Crippen molar-refractivity contribution in [2.24, 2.45) is 0 Å². The van der Waals surface area contributed by atoms with E-state index in [1.54, 1.807) is 26.4 Å². The lowest BCUT2D eigenvalue weighted by Gasteiger charge is -2.12. The Balaban J connectivity index is 2.08. The summed E-state index contributed by atoms with van der Waals surface area (Å²) in [4.78, 5) is 12.3. The number of ether oxygens (including phenoxy) is 3. The van der Waals surface area contributed by atoms with Crippen LogP contribution in [-0.2, 0) is 11.2 Å². The summed E-state index contributed by atoms with van der Waals surface area (Å²) < 4.78 is 15.9. The Kier molecular flexibility index (Phi) is 5.86. The van der Waals surface area contributed by atoms with E-state index in [0.29, 0.717) is 29.5 Å². The summed E-state index contributed by atoms with van der Waals surface area (Å²) in [5, 5.41) is 2.87. The number of nitrogens with one attached hydrogen (secondary N) is 1. The number of anilines is 1. The van der Waals surface area contributed by atoms with Gasteiger partial charge in [-0.25, -0.2) is 0 Å². The molecule has 0 saturated carbocycles. The highest BCUT2D eigenvalue weighted by molar-refractivity contribution is 5.93. The van der Waals surface area contributed by atoms with E-state index in [0.717, 1.165) is 5.56 Å². The monoisotopic (exact) mass is 315 g/mol. The van der Waals surface area contributed by atoms with Gasteiger partial charge in [-0.05, 0) is 36.8 Å². The minimum atomic E-state index is -0.121. The van der Waals surface area contributed by atoms with Crippen molar-refractivity contribution in [1.29, 1.82) is 0 Å². The minimum absolute atomic E-state index is 0.121. The first-order valence-electron chi connectivity index (χ1n) is 7.40. The fourth-order valence-corrected chi connectivity index (χ4v) is 2.22. The van der Waals surface area contributed by atoms with Crippen molar-refractivity contribution in [2.45, 2.75) is 13.3 Å². The van der Waals surface area contributed by atoms with Crippen LogP contribution in [0.4, 0.5) is 5.69 Å². The fraction of sp³-hybridized carbons (Fsp3) is 0.278. The van der Waals surface area contributed by atoms with Gasteiger partial charge in [-0.3, -0.25) is 4.79 Å². The molecule has 1 amide bonds. The second-order valence-electron chi connectivity index (χ2n) is 4.84. The SMILES string of the molecule is CCOc1ccccc1NC(=O)Cc1ccc(OC)c(OC)c1. The Morgan fingerprint density at radius 2 is 1.74 bits per heavy atom. The highest BCUT2D eigenvalue weighted by Gasteiger charge is 2.10. The van der Waals surface area contributed by atoms with Crippen LogP contribution in [0.3, 0.4) is 0 Å². The van der Waals surface area contributed by atoms with Crippen molar-refractivity contribution in [2.75, 3.05) is 26.1 Å². The van der Waals surface area contributed by atoms with E-state index < -0.39 is 0 Å². The number of hydrogen-bond donors (Lipinski definition) is 1. The lowest BCUT2D eigenvalue weighted by Crippen LogP contribution is -2.15. The first-order valence-corrected chi connectivity index (χ1v) is 7.40. The Bertz CT molecular complexity index is 670. The molecule has 23 heavy (non-hydrogen) atoms. The number of methoxy groups -OCH3 is 2. The average Bonchev–Trinajstić information content (AvgIpc) is 2.56. The molecule has 0 aromatic heterocycles. The van der Waals surface area contributed by atoms with Gasteiger partial charge in [0.25, 0.3) is 0 Å². The van der Waals surface area contributed by atoms with Crippen LogP contribution in [-0.4, -0.2) is 26.7 Å². The molecule has 5 heteroatoms. The maximum Gasteiger partial charge on any atom is 0.228 e. The van der Waals surface area contributed by atoms with E-state index in [-0.39, 0.29) is 12.3 Å². The van der Waals surface area contributed by atoms with Gasteiger partial charge < -0.3 is 19.5 Å². The Labute approximate surface area is 136 Å². The van der Waals surface area contributed by atoms with Crippen LogP contribution in [0, 0.1) is 0 Å². The van der Waals surface area contributed by atoms with Gasteiger partial charge in [-0.2, -0.15) is 0 Å². The molecule has 0 atom stereocenters. The number of benzene rings is 2. The smallest absolute Gasteiger partial charge is 0.228 e. The summed E-state index contributed by atoms with van der Waals surface area (Å²) in [6.07, 6.45) is 0.237. The van der Waals surface area contributed by atoms with E-state index in [1.165, 1.54) is 0 Å². The van der Waals surface area contributed by atoms with Crippen LogP contribution < -0.4 is 19.5 Å². The molecule has 0 fully saturated rings. The van der Waals surface area contributed by atoms with Crippen LogP contribution in [0.1, 0.15) is 12.5 Å². The van der Waals surface area contributed by atoms with Gasteiger partial charge in [0.2, 0.25) is 5.91 Å². The molecule has 0 saturated heterocycles. The van der Waals surface area contributed by atoms with E-state index in [9.17, 15) is 4.79 Å². The Hall–Kier alpha value is -2.69. The first kappa shape index (κ1) is 16.7. The summed E-state index contributed by atoms with van der Waals surface area (Å²) in [6.45, 7) is 2.45. The molecule has 2 aromatic carbocycles. The number of carbonyl (C=O) groups is 1.